The molecule has 0 atom stereocenters. The second kappa shape index (κ2) is 5.68. The maximum absolute atomic E-state index is 9.24. The van der Waals surface area contributed by atoms with E-state index in [2.05, 4.69) is 61.3 Å². The van der Waals surface area contributed by atoms with Crippen LogP contribution in [0.15, 0.2) is 52.3 Å². The van der Waals surface area contributed by atoms with Crippen LogP contribution in [0.3, 0.4) is 0 Å². The first-order chi connectivity index (χ1) is 10.6. The zero-order valence-electron chi connectivity index (χ0n) is 13.1. The van der Waals surface area contributed by atoms with Crippen LogP contribution in [-0.4, -0.2) is 12.2 Å². The average molecular weight is 309 g/mol. The van der Waals surface area contributed by atoms with Crippen LogP contribution in [0.1, 0.15) is 26.3 Å². The fraction of sp³-hybridized carbons (Fsp3) is 0.278. The SMILES string of the molecule is CCNC(C)(C)N1c2ccccc2Sc2ccc(C#N)cc21. The Morgan fingerprint density at radius 1 is 1.14 bits per heavy atom. The Balaban J connectivity index is 2.21. The summed E-state index contributed by atoms with van der Waals surface area (Å²) in [7, 11) is 0. The van der Waals surface area contributed by atoms with E-state index in [-0.39, 0.29) is 5.66 Å². The van der Waals surface area contributed by atoms with E-state index in [1.54, 1.807) is 11.8 Å². The maximum atomic E-state index is 9.24. The summed E-state index contributed by atoms with van der Waals surface area (Å²) >= 11 is 1.76. The summed E-state index contributed by atoms with van der Waals surface area (Å²) in [6.45, 7) is 7.34. The molecule has 4 heteroatoms. The first-order valence-corrected chi connectivity index (χ1v) is 8.25. The molecule has 0 aromatic heterocycles. The van der Waals surface area contributed by atoms with Crippen molar-refractivity contribution < 1.29 is 0 Å². The van der Waals surface area contributed by atoms with Gasteiger partial charge in [0.1, 0.15) is 0 Å². The molecule has 3 rings (SSSR count). The van der Waals surface area contributed by atoms with Crippen molar-refractivity contribution >= 4 is 23.1 Å². The molecule has 0 bridgehead atoms. The van der Waals surface area contributed by atoms with Gasteiger partial charge >= 0.3 is 0 Å². The van der Waals surface area contributed by atoms with E-state index < -0.39 is 0 Å². The molecule has 1 N–H and O–H groups in total. The summed E-state index contributed by atoms with van der Waals surface area (Å²) in [5.74, 6) is 0. The quantitative estimate of drug-likeness (QED) is 0.905. The van der Waals surface area contributed by atoms with Gasteiger partial charge < -0.3 is 4.90 Å². The number of benzene rings is 2. The summed E-state index contributed by atoms with van der Waals surface area (Å²) < 4.78 is 0. The molecule has 0 radical (unpaired) electrons. The van der Waals surface area contributed by atoms with Crippen molar-refractivity contribution in [2.75, 3.05) is 11.4 Å². The lowest BCUT2D eigenvalue weighted by atomic mass is 10.1. The van der Waals surface area contributed by atoms with Gasteiger partial charge in [0.05, 0.1) is 28.7 Å². The lowest BCUT2D eigenvalue weighted by molar-refractivity contribution is 0.403. The molecule has 1 aliphatic rings. The molecule has 0 saturated heterocycles. The Morgan fingerprint density at radius 3 is 2.59 bits per heavy atom. The van der Waals surface area contributed by atoms with Gasteiger partial charge in [0.15, 0.2) is 0 Å². The number of fused-ring (bicyclic) bond motifs is 2. The number of anilines is 2. The molecule has 1 aliphatic heterocycles. The number of hydrogen-bond donors (Lipinski definition) is 1. The molecule has 0 aliphatic carbocycles. The van der Waals surface area contributed by atoms with E-state index in [0.29, 0.717) is 5.56 Å². The normalized spacial score (nSPS) is 13.3. The predicted molar refractivity (Wildman–Crippen MR) is 91.6 cm³/mol. The van der Waals surface area contributed by atoms with E-state index in [1.165, 1.54) is 15.5 Å². The minimum absolute atomic E-state index is 0.241. The molecule has 1 heterocycles. The number of rotatable bonds is 3. The van der Waals surface area contributed by atoms with Crippen molar-refractivity contribution in [3.8, 4) is 6.07 Å². The molecule has 0 fully saturated rings. The Bertz CT molecular complexity index is 746. The van der Waals surface area contributed by atoms with Crippen molar-refractivity contribution in [2.45, 2.75) is 36.2 Å². The first kappa shape index (κ1) is 15.0. The van der Waals surface area contributed by atoms with Gasteiger partial charge in [0.25, 0.3) is 0 Å². The van der Waals surface area contributed by atoms with Crippen LogP contribution in [0.5, 0.6) is 0 Å². The highest BCUT2D eigenvalue weighted by Crippen LogP contribution is 2.50. The van der Waals surface area contributed by atoms with Gasteiger partial charge in [0.2, 0.25) is 0 Å². The van der Waals surface area contributed by atoms with Crippen molar-refractivity contribution in [1.82, 2.24) is 5.32 Å². The van der Waals surface area contributed by atoms with Crippen LogP contribution in [0.2, 0.25) is 0 Å². The fourth-order valence-electron chi connectivity index (χ4n) is 2.94. The molecule has 2 aromatic carbocycles. The van der Waals surface area contributed by atoms with E-state index >= 15 is 0 Å². The highest BCUT2D eigenvalue weighted by atomic mass is 32.2. The van der Waals surface area contributed by atoms with Gasteiger partial charge in [-0.1, -0.05) is 30.8 Å². The van der Waals surface area contributed by atoms with Crippen LogP contribution >= 0.6 is 11.8 Å². The molecule has 0 spiro atoms. The van der Waals surface area contributed by atoms with Crippen molar-refractivity contribution in [1.29, 1.82) is 5.26 Å². The number of para-hydroxylation sites is 1. The van der Waals surface area contributed by atoms with E-state index in [0.717, 1.165) is 12.2 Å². The molecule has 2 aromatic rings. The number of hydrogen-bond acceptors (Lipinski definition) is 4. The molecule has 0 unspecified atom stereocenters. The van der Waals surface area contributed by atoms with Crippen molar-refractivity contribution in [3.63, 3.8) is 0 Å². The van der Waals surface area contributed by atoms with Gasteiger partial charge in [-0.2, -0.15) is 5.26 Å². The van der Waals surface area contributed by atoms with E-state index in [9.17, 15) is 5.26 Å². The lowest BCUT2D eigenvalue weighted by Crippen LogP contribution is -2.53. The lowest BCUT2D eigenvalue weighted by Gasteiger charge is -2.44. The van der Waals surface area contributed by atoms with Gasteiger partial charge in [-0.25, -0.2) is 0 Å². The Labute approximate surface area is 135 Å². The molecule has 0 amide bonds. The van der Waals surface area contributed by atoms with Crippen LogP contribution in [-0.2, 0) is 0 Å². The monoisotopic (exact) mass is 309 g/mol. The molecular weight excluding hydrogens is 290 g/mol. The molecule has 22 heavy (non-hydrogen) atoms. The minimum Gasteiger partial charge on any atom is -0.321 e. The number of nitriles is 1. The maximum Gasteiger partial charge on any atom is 0.0992 e. The van der Waals surface area contributed by atoms with Gasteiger partial charge in [-0.3, -0.25) is 5.32 Å². The average Bonchev–Trinajstić information content (AvgIpc) is 2.51. The summed E-state index contributed by atoms with van der Waals surface area (Å²) in [6, 6.07) is 16.6. The van der Waals surface area contributed by atoms with Crippen molar-refractivity contribution in [2.24, 2.45) is 0 Å². The summed E-state index contributed by atoms with van der Waals surface area (Å²) in [5, 5.41) is 12.8. The summed E-state index contributed by atoms with van der Waals surface area (Å²) in [6.07, 6.45) is 0. The predicted octanol–water partition coefficient (Wildman–Crippen LogP) is 4.51. The van der Waals surface area contributed by atoms with Crippen LogP contribution < -0.4 is 10.2 Å². The van der Waals surface area contributed by atoms with Crippen LogP contribution in [0, 0.1) is 11.3 Å². The smallest absolute Gasteiger partial charge is 0.0992 e. The topological polar surface area (TPSA) is 39.1 Å². The second-order valence-corrected chi connectivity index (χ2v) is 6.87. The molecule has 112 valence electrons. The molecule has 0 saturated carbocycles. The van der Waals surface area contributed by atoms with Crippen LogP contribution in [0.4, 0.5) is 11.4 Å². The Kier molecular flexibility index (Phi) is 3.86. The molecular formula is C18H19N3S. The van der Waals surface area contributed by atoms with Crippen LogP contribution in [0.25, 0.3) is 0 Å². The van der Waals surface area contributed by atoms with E-state index in [4.69, 9.17) is 0 Å². The molecule has 3 nitrogen and oxygen atoms in total. The first-order valence-electron chi connectivity index (χ1n) is 7.43. The second-order valence-electron chi connectivity index (χ2n) is 5.79. The fourth-order valence-corrected chi connectivity index (χ4v) is 3.98. The Morgan fingerprint density at radius 2 is 1.86 bits per heavy atom. The summed E-state index contributed by atoms with van der Waals surface area (Å²) in [5.41, 5.74) is 2.72. The largest absolute Gasteiger partial charge is 0.321 e. The van der Waals surface area contributed by atoms with Gasteiger partial charge in [-0.15, -0.1) is 0 Å². The summed E-state index contributed by atoms with van der Waals surface area (Å²) in [4.78, 5) is 4.73. The van der Waals surface area contributed by atoms with Gasteiger partial charge in [0, 0.05) is 9.79 Å². The third-order valence-electron chi connectivity index (χ3n) is 3.82. The number of nitrogens with one attached hydrogen (secondary N) is 1. The highest BCUT2D eigenvalue weighted by molar-refractivity contribution is 7.99. The minimum atomic E-state index is -0.241. The highest BCUT2D eigenvalue weighted by Gasteiger charge is 2.33. The van der Waals surface area contributed by atoms with Gasteiger partial charge in [-0.05, 0) is 50.7 Å². The zero-order valence-corrected chi connectivity index (χ0v) is 13.9. The third kappa shape index (κ3) is 2.47. The standard InChI is InChI=1S/C18H19N3S/c1-4-20-18(2,3)21-14-7-5-6-8-16(14)22-17-10-9-13(12-19)11-15(17)21/h5-11,20H,4H2,1-3H3. The Hall–Kier alpha value is -1.96. The zero-order chi connectivity index (χ0) is 15.7. The number of nitrogens with zero attached hydrogens (tertiary/aromatic N) is 2. The van der Waals surface area contributed by atoms with E-state index in [1.807, 2.05) is 18.2 Å². The van der Waals surface area contributed by atoms with Crippen molar-refractivity contribution in [3.05, 3.63) is 48.0 Å². The third-order valence-corrected chi connectivity index (χ3v) is 4.95.